The Morgan fingerprint density at radius 1 is 1.48 bits per heavy atom. The van der Waals surface area contributed by atoms with E-state index in [-0.39, 0.29) is 24.7 Å². The van der Waals surface area contributed by atoms with E-state index >= 15 is 0 Å². The minimum atomic E-state index is -0.379. The average molecular weight is 297 g/mol. The molecule has 1 amide bonds. The number of carbonyl (C=O) groups excluding carboxylic acids is 1. The number of rotatable bonds is 7. The molecule has 1 aliphatic carbocycles. The third kappa shape index (κ3) is 3.98. The molecule has 3 atom stereocenters. The summed E-state index contributed by atoms with van der Waals surface area (Å²) in [5.41, 5.74) is 0. The quantitative estimate of drug-likeness (QED) is 0.778. The molecule has 0 saturated heterocycles. The van der Waals surface area contributed by atoms with Crippen LogP contribution in [0.5, 0.6) is 0 Å². The van der Waals surface area contributed by atoms with E-state index in [1.165, 1.54) is 17.7 Å². The Hall–Kier alpha value is -1.07. The molecule has 1 aliphatic heterocycles. The molecule has 21 heavy (non-hydrogen) atoms. The standard InChI is InChI=1S/C16H27NO4/c1-4-20-16-12(6-5-9-18)13(11-7-8-11)10-14(21-16)15(19)17(2)3/h10-13,16,18H,4-9H2,1-3H3/t12-,13+,16+/m0/s1. The summed E-state index contributed by atoms with van der Waals surface area (Å²) >= 11 is 0. The van der Waals surface area contributed by atoms with Crippen LogP contribution in [0.2, 0.25) is 0 Å². The Labute approximate surface area is 126 Å². The van der Waals surface area contributed by atoms with Gasteiger partial charge in [-0.05, 0) is 50.5 Å². The number of amides is 1. The van der Waals surface area contributed by atoms with Crippen LogP contribution in [0.4, 0.5) is 0 Å². The molecule has 0 spiro atoms. The highest BCUT2D eigenvalue weighted by molar-refractivity contribution is 5.91. The summed E-state index contributed by atoms with van der Waals surface area (Å²) in [6.07, 6.45) is 5.64. The third-order valence-electron chi connectivity index (χ3n) is 4.24. The fourth-order valence-electron chi connectivity index (χ4n) is 3.02. The maximum Gasteiger partial charge on any atom is 0.288 e. The van der Waals surface area contributed by atoms with Gasteiger partial charge in [0.2, 0.25) is 6.29 Å². The zero-order valence-corrected chi connectivity index (χ0v) is 13.2. The molecule has 0 aromatic heterocycles. The van der Waals surface area contributed by atoms with Crippen molar-refractivity contribution in [2.45, 2.75) is 38.9 Å². The first-order chi connectivity index (χ1) is 10.1. The number of aliphatic hydroxyl groups excluding tert-OH is 1. The topological polar surface area (TPSA) is 59.0 Å². The van der Waals surface area contributed by atoms with Crippen molar-refractivity contribution in [3.05, 3.63) is 11.8 Å². The van der Waals surface area contributed by atoms with Gasteiger partial charge in [0.05, 0.1) is 0 Å². The zero-order chi connectivity index (χ0) is 15.4. The molecule has 1 heterocycles. The second-order valence-corrected chi connectivity index (χ2v) is 6.12. The van der Waals surface area contributed by atoms with Crippen LogP contribution in [0.15, 0.2) is 11.8 Å². The monoisotopic (exact) mass is 297 g/mol. The van der Waals surface area contributed by atoms with Crippen LogP contribution in [-0.2, 0) is 14.3 Å². The van der Waals surface area contributed by atoms with E-state index in [4.69, 9.17) is 14.6 Å². The molecule has 1 saturated carbocycles. The first-order valence-electron chi connectivity index (χ1n) is 7.91. The number of hydrogen-bond acceptors (Lipinski definition) is 4. The predicted octanol–water partition coefficient (Wildman–Crippen LogP) is 1.77. The average Bonchev–Trinajstić information content (AvgIpc) is 3.29. The first-order valence-corrected chi connectivity index (χ1v) is 7.91. The smallest absolute Gasteiger partial charge is 0.288 e. The number of hydrogen-bond donors (Lipinski definition) is 1. The lowest BCUT2D eigenvalue weighted by atomic mass is 9.82. The maximum atomic E-state index is 12.2. The van der Waals surface area contributed by atoms with E-state index in [0.717, 1.165) is 12.8 Å². The van der Waals surface area contributed by atoms with Gasteiger partial charge in [-0.15, -0.1) is 0 Å². The molecule has 1 fully saturated rings. The third-order valence-corrected chi connectivity index (χ3v) is 4.24. The van der Waals surface area contributed by atoms with Crippen LogP contribution in [0.1, 0.15) is 32.6 Å². The van der Waals surface area contributed by atoms with Gasteiger partial charge in [0.25, 0.3) is 5.91 Å². The highest BCUT2D eigenvalue weighted by atomic mass is 16.7. The summed E-state index contributed by atoms with van der Waals surface area (Å²) in [4.78, 5) is 13.7. The van der Waals surface area contributed by atoms with Crippen molar-refractivity contribution in [2.24, 2.45) is 17.8 Å². The normalized spacial score (nSPS) is 28.8. The van der Waals surface area contributed by atoms with E-state index in [1.807, 2.05) is 13.0 Å². The van der Waals surface area contributed by atoms with Crippen molar-refractivity contribution in [3.8, 4) is 0 Å². The predicted molar refractivity (Wildman–Crippen MR) is 79.3 cm³/mol. The number of ether oxygens (including phenoxy) is 2. The van der Waals surface area contributed by atoms with Gasteiger partial charge in [-0.2, -0.15) is 0 Å². The Morgan fingerprint density at radius 3 is 2.71 bits per heavy atom. The number of carbonyl (C=O) groups is 1. The lowest BCUT2D eigenvalue weighted by Gasteiger charge is -2.37. The van der Waals surface area contributed by atoms with E-state index in [9.17, 15) is 4.79 Å². The molecule has 0 unspecified atom stereocenters. The molecule has 0 bridgehead atoms. The van der Waals surface area contributed by atoms with Crippen molar-refractivity contribution in [1.82, 2.24) is 4.90 Å². The largest absolute Gasteiger partial charge is 0.459 e. The molecular weight excluding hydrogens is 270 g/mol. The van der Waals surface area contributed by atoms with E-state index in [0.29, 0.717) is 24.2 Å². The summed E-state index contributed by atoms with van der Waals surface area (Å²) in [6, 6.07) is 0. The summed E-state index contributed by atoms with van der Waals surface area (Å²) in [5.74, 6) is 1.48. The zero-order valence-electron chi connectivity index (χ0n) is 13.2. The van der Waals surface area contributed by atoms with Crippen LogP contribution in [0, 0.1) is 17.8 Å². The number of likely N-dealkylation sites (N-methyl/N-ethyl adjacent to an activating group) is 1. The van der Waals surface area contributed by atoms with Gasteiger partial charge < -0.3 is 19.5 Å². The highest BCUT2D eigenvalue weighted by Crippen LogP contribution is 2.47. The minimum Gasteiger partial charge on any atom is -0.459 e. The van der Waals surface area contributed by atoms with Gasteiger partial charge in [0.15, 0.2) is 5.76 Å². The second-order valence-electron chi connectivity index (χ2n) is 6.12. The van der Waals surface area contributed by atoms with Crippen LogP contribution < -0.4 is 0 Å². The SMILES string of the molecule is CCO[C@@H]1OC(C(=O)N(C)C)=C[C@H](C2CC2)[C@@H]1CCCO. The van der Waals surface area contributed by atoms with Crippen molar-refractivity contribution in [1.29, 1.82) is 0 Å². The van der Waals surface area contributed by atoms with Crippen LogP contribution >= 0.6 is 0 Å². The number of nitrogens with zero attached hydrogens (tertiary/aromatic N) is 1. The molecule has 1 N–H and O–H groups in total. The van der Waals surface area contributed by atoms with Crippen LogP contribution in [-0.4, -0.2) is 49.5 Å². The van der Waals surface area contributed by atoms with Crippen molar-refractivity contribution in [3.63, 3.8) is 0 Å². The van der Waals surface area contributed by atoms with Crippen LogP contribution in [0.25, 0.3) is 0 Å². The van der Waals surface area contributed by atoms with Gasteiger partial charge in [0, 0.05) is 33.2 Å². The molecule has 120 valence electrons. The van der Waals surface area contributed by atoms with Gasteiger partial charge in [0.1, 0.15) is 0 Å². The molecule has 0 aromatic rings. The van der Waals surface area contributed by atoms with Gasteiger partial charge in [-0.3, -0.25) is 4.79 Å². The summed E-state index contributed by atoms with van der Waals surface area (Å²) in [5, 5.41) is 9.11. The number of aliphatic hydroxyl groups is 1. The van der Waals surface area contributed by atoms with Crippen LogP contribution in [0.3, 0.4) is 0 Å². The minimum absolute atomic E-state index is 0.106. The van der Waals surface area contributed by atoms with E-state index in [1.54, 1.807) is 14.1 Å². The molecular formula is C16H27NO4. The van der Waals surface area contributed by atoms with Crippen molar-refractivity contribution in [2.75, 3.05) is 27.3 Å². The van der Waals surface area contributed by atoms with E-state index < -0.39 is 0 Å². The molecule has 0 aromatic carbocycles. The van der Waals surface area contributed by atoms with Gasteiger partial charge in [-0.25, -0.2) is 0 Å². The highest BCUT2D eigenvalue weighted by Gasteiger charge is 2.44. The summed E-state index contributed by atoms with van der Waals surface area (Å²) < 4.78 is 11.6. The molecule has 5 nitrogen and oxygen atoms in total. The maximum absolute atomic E-state index is 12.2. The fraction of sp³-hybridized carbons (Fsp3) is 0.812. The van der Waals surface area contributed by atoms with Crippen molar-refractivity contribution < 1.29 is 19.4 Å². The summed E-state index contributed by atoms with van der Waals surface area (Å²) in [6.45, 7) is 2.67. The molecule has 0 radical (unpaired) electrons. The lowest BCUT2D eigenvalue weighted by molar-refractivity contribution is -0.176. The van der Waals surface area contributed by atoms with Crippen molar-refractivity contribution >= 4 is 5.91 Å². The van der Waals surface area contributed by atoms with Gasteiger partial charge in [-0.1, -0.05) is 0 Å². The Kier molecular flexibility index (Phi) is 5.65. The first kappa shape index (κ1) is 16.3. The molecule has 2 rings (SSSR count). The molecule has 2 aliphatic rings. The fourth-order valence-corrected chi connectivity index (χ4v) is 3.02. The second kappa shape index (κ2) is 7.27. The van der Waals surface area contributed by atoms with E-state index in [2.05, 4.69) is 0 Å². The lowest BCUT2D eigenvalue weighted by Crippen LogP contribution is -2.40. The molecule has 5 heteroatoms. The number of allylic oxidation sites excluding steroid dienone is 1. The Bertz CT molecular complexity index is 390. The summed E-state index contributed by atoms with van der Waals surface area (Å²) in [7, 11) is 3.46. The van der Waals surface area contributed by atoms with Gasteiger partial charge >= 0.3 is 0 Å². The Morgan fingerprint density at radius 2 is 2.19 bits per heavy atom. The Balaban J connectivity index is 2.20.